The summed E-state index contributed by atoms with van der Waals surface area (Å²) in [5.41, 5.74) is 5.00. The molecule has 20 heavy (non-hydrogen) atoms. The minimum absolute atomic E-state index is 0.687. The fraction of sp³-hybridized carbons (Fsp3) is 0.579. The van der Waals surface area contributed by atoms with Crippen LogP contribution in [-0.2, 0) is 6.42 Å². The first kappa shape index (κ1) is 12.6. The van der Waals surface area contributed by atoms with Crippen LogP contribution in [0.2, 0.25) is 0 Å². The van der Waals surface area contributed by atoms with E-state index in [1.807, 2.05) is 0 Å². The van der Waals surface area contributed by atoms with Gasteiger partial charge in [0, 0.05) is 12.0 Å². The maximum absolute atomic E-state index is 2.53. The molecule has 2 atom stereocenters. The quantitative estimate of drug-likeness (QED) is 0.740. The van der Waals surface area contributed by atoms with E-state index in [0.717, 1.165) is 5.92 Å². The van der Waals surface area contributed by atoms with E-state index in [1.54, 1.807) is 16.7 Å². The van der Waals surface area contributed by atoms with Crippen LogP contribution in [0.5, 0.6) is 0 Å². The molecule has 1 saturated heterocycles. The molecule has 0 radical (unpaired) electrons. The lowest BCUT2D eigenvalue weighted by Crippen LogP contribution is -2.22. The summed E-state index contributed by atoms with van der Waals surface area (Å²) < 4.78 is 0. The van der Waals surface area contributed by atoms with Crippen molar-refractivity contribution in [1.82, 2.24) is 4.90 Å². The normalized spacial score (nSPS) is 30.2. The van der Waals surface area contributed by atoms with Gasteiger partial charge in [0.2, 0.25) is 0 Å². The first-order chi connectivity index (χ1) is 9.83. The number of nitrogens with zero attached hydrogens (tertiary/aromatic N) is 1. The Kier molecular flexibility index (Phi) is 3.18. The maximum Gasteiger partial charge on any atom is 0.0275 e. The molecule has 0 amide bonds. The topological polar surface area (TPSA) is 3.24 Å². The van der Waals surface area contributed by atoms with Crippen molar-refractivity contribution in [2.45, 2.75) is 56.4 Å². The third-order valence-electron chi connectivity index (χ3n) is 5.49. The van der Waals surface area contributed by atoms with Crippen molar-refractivity contribution in [3.8, 4) is 0 Å². The number of benzene rings is 1. The smallest absolute Gasteiger partial charge is 0.0275 e. The molecule has 2 unspecified atom stereocenters. The van der Waals surface area contributed by atoms with Crippen molar-refractivity contribution < 1.29 is 0 Å². The van der Waals surface area contributed by atoms with Crippen LogP contribution in [0.1, 0.15) is 60.6 Å². The average Bonchev–Trinajstić information content (AvgIpc) is 3.10. The Morgan fingerprint density at radius 3 is 2.75 bits per heavy atom. The van der Waals surface area contributed by atoms with Crippen molar-refractivity contribution in [2.75, 3.05) is 13.6 Å². The molecule has 0 N–H and O–H groups in total. The molecule has 1 aromatic rings. The van der Waals surface area contributed by atoms with E-state index < -0.39 is 0 Å². The largest absolute Gasteiger partial charge is 0.300 e. The van der Waals surface area contributed by atoms with Crippen molar-refractivity contribution in [2.24, 2.45) is 0 Å². The predicted octanol–water partition coefficient (Wildman–Crippen LogP) is 4.24. The molecule has 1 nitrogen and oxygen atoms in total. The summed E-state index contributed by atoms with van der Waals surface area (Å²) in [5, 5.41) is 0. The standard InChI is InChI=1S/C19H25N/c1-20-13-3-5-17(20)12-11-16-10-9-15-4-2-6-18(19(15)16)14-7-8-14/h2,4,6,11-12,14,16-17H,3,5,7-10,13H2,1H3. The highest BCUT2D eigenvalue weighted by atomic mass is 15.1. The lowest BCUT2D eigenvalue weighted by atomic mass is 9.92. The van der Waals surface area contributed by atoms with E-state index in [9.17, 15) is 0 Å². The maximum atomic E-state index is 2.53. The molecule has 106 valence electrons. The summed E-state index contributed by atoms with van der Waals surface area (Å²) in [5.74, 6) is 1.57. The number of hydrogen-bond donors (Lipinski definition) is 0. The molecule has 0 spiro atoms. The van der Waals surface area contributed by atoms with Crippen molar-refractivity contribution in [3.05, 3.63) is 47.0 Å². The molecule has 1 aromatic carbocycles. The molecular weight excluding hydrogens is 242 g/mol. The number of allylic oxidation sites excluding steroid dienone is 1. The van der Waals surface area contributed by atoms with E-state index in [0.29, 0.717) is 12.0 Å². The summed E-state index contributed by atoms with van der Waals surface area (Å²) in [6, 6.07) is 7.72. The lowest BCUT2D eigenvalue weighted by Gasteiger charge is -2.17. The molecule has 4 rings (SSSR count). The average molecular weight is 267 g/mol. The van der Waals surface area contributed by atoms with Gasteiger partial charge >= 0.3 is 0 Å². The molecule has 2 fully saturated rings. The first-order valence-electron chi connectivity index (χ1n) is 8.33. The molecule has 1 saturated carbocycles. The second-order valence-electron chi connectivity index (χ2n) is 6.91. The summed E-state index contributed by atoms with van der Waals surface area (Å²) in [6.45, 7) is 1.27. The molecule has 1 heterocycles. The van der Waals surface area contributed by atoms with Gasteiger partial charge < -0.3 is 0 Å². The second kappa shape index (κ2) is 5.04. The zero-order valence-corrected chi connectivity index (χ0v) is 12.5. The minimum atomic E-state index is 0.687. The van der Waals surface area contributed by atoms with Crippen LogP contribution in [0.15, 0.2) is 30.4 Å². The molecule has 3 aliphatic rings. The Bertz CT molecular complexity index is 527. The van der Waals surface area contributed by atoms with Crippen molar-refractivity contribution in [3.63, 3.8) is 0 Å². The molecule has 0 bridgehead atoms. The summed E-state index contributed by atoms with van der Waals surface area (Å²) in [7, 11) is 2.26. The van der Waals surface area contributed by atoms with Crippen LogP contribution in [0, 0.1) is 0 Å². The molecule has 0 aromatic heterocycles. The number of likely N-dealkylation sites (tertiary alicyclic amines) is 1. The Labute approximate surface area is 122 Å². The van der Waals surface area contributed by atoms with Gasteiger partial charge in [0.15, 0.2) is 0 Å². The minimum Gasteiger partial charge on any atom is -0.300 e. The predicted molar refractivity (Wildman–Crippen MR) is 84.3 cm³/mol. The molecule has 1 aliphatic heterocycles. The third kappa shape index (κ3) is 2.22. The van der Waals surface area contributed by atoms with Gasteiger partial charge in [-0.15, -0.1) is 0 Å². The van der Waals surface area contributed by atoms with E-state index in [-0.39, 0.29) is 0 Å². The van der Waals surface area contributed by atoms with Crippen LogP contribution in [0.3, 0.4) is 0 Å². The first-order valence-corrected chi connectivity index (χ1v) is 8.33. The van der Waals surface area contributed by atoms with E-state index in [4.69, 9.17) is 0 Å². The Hall–Kier alpha value is -1.08. The SMILES string of the molecule is CN1CCCC1C=CC1CCc2cccc(C3CC3)c21. The zero-order chi connectivity index (χ0) is 13.5. The van der Waals surface area contributed by atoms with E-state index in [1.165, 1.54) is 45.1 Å². The van der Waals surface area contributed by atoms with Crippen molar-refractivity contribution in [1.29, 1.82) is 0 Å². The van der Waals surface area contributed by atoms with Gasteiger partial charge in [-0.3, -0.25) is 4.90 Å². The van der Waals surface area contributed by atoms with Gasteiger partial charge in [-0.2, -0.15) is 0 Å². The summed E-state index contributed by atoms with van der Waals surface area (Å²) >= 11 is 0. The van der Waals surface area contributed by atoms with E-state index in [2.05, 4.69) is 42.3 Å². The number of aryl methyl sites for hydroxylation is 1. The van der Waals surface area contributed by atoms with Crippen LogP contribution in [0.4, 0.5) is 0 Å². The van der Waals surface area contributed by atoms with Crippen LogP contribution >= 0.6 is 0 Å². The monoisotopic (exact) mass is 267 g/mol. The van der Waals surface area contributed by atoms with Gasteiger partial charge in [0.25, 0.3) is 0 Å². The fourth-order valence-corrected chi connectivity index (χ4v) is 4.14. The highest BCUT2D eigenvalue weighted by Crippen LogP contribution is 2.47. The highest BCUT2D eigenvalue weighted by molar-refractivity contribution is 5.46. The molecule has 2 aliphatic carbocycles. The van der Waals surface area contributed by atoms with Crippen molar-refractivity contribution >= 4 is 0 Å². The van der Waals surface area contributed by atoms with Crippen LogP contribution < -0.4 is 0 Å². The number of rotatable bonds is 3. The van der Waals surface area contributed by atoms with Crippen LogP contribution in [0.25, 0.3) is 0 Å². The molecule has 1 heteroatoms. The van der Waals surface area contributed by atoms with Gasteiger partial charge in [0.1, 0.15) is 0 Å². The van der Waals surface area contributed by atoms with Gasteiger partial charge in [-0.1, -0.05) is 30.4 Å². The highest BCUT2D eigenvalue weighted by Gasteiger charge is 2.31. The Balaban J connectivity index is 1.59. The zero-order valence-electron chi connectivity index (χ0n) is 12.5. The summed E-state index contributed by atoms with van der Waals surface area (Å²) in [4.78, 5) is 2.50. The Morgan fingerprint density at radius 1 is 1.10 bits per heavy atom. The van der Waals surface area contributed by atoms with Gasteiger partial charge in [-0.25, -0.2) is 0 Å². The Morgan fingerprint density at radius 2 is 2.00 bits per heavy atom. The van der Waals surface area contributed by atoms with Gasteiger partial charge in [-0.05, 0) is 74.7 Å². The van der Waals surface area contributed by atoms with Gasteiger partial charge in [0.05, 0.1) is 0 Å². The third-order valence-corrected chi connectivity index (χ3v) is 5.49. The second-order valence-corrected chi connectivity index (χ2v) is 6.91. The van der Waals surface area contributed by atoms with E-state index >= 15 is 0 Å². The summed E-state index contributed by atoms with van der Waals surface area (Å²) in [6.07, 6.45) is 13.2. The number of fused-ring (bicyclic) bond motifs is 1. The molecular formula is C19H25N. The van der Waals surface area contributed by atoms with Crippen LogP contribution in [-0.4, -0.2) is 24.5 Å². The number of hydrogen-bond acceptors (Lipinski definition) is 1. The fourth-order valence-electron chi connectivity index (χ4n) is 4.14. The number of likely N-dealkylation sites (N-methyl/N-ethyl adjacent to an activating group) is 1. The lowest BCUT2D eigenvalue weighted by molar-refractivity contribution is 0.356.